The zero-order chi connectivity index (χ0) is 8.43. The predicted octanol–water partition coefficient (Wildman–Crippen LogP) is 0.895. The van der Waals surface area contributed by atoms with Crippen LogP contribution in [-0.4, -0.2) is 29.6 Å². The zero-order valence-electron chi connectivity index (χ0n) is 6.96. The molecule has 0 spiro atoms. The van der Waals surface area contributed by atoms with Gasteiger partial charge in [-0.15, -0.1) is 0 Å². The minimum Gasteiger partial charge on any atom is -0.247 e. The first-order valence-electron chi connectivity index (χ1n) is 3.33. The van der Waals surface area contributed by atoms with Gasteiger partial charge in [-0.3, -0.25) is 0 Å². The molecule has 2 nitrogen and oxygen atoms in total. The second kappa shape index (κ2) is 3.44. The van der Waals surface area contributed by atoms with E-state index in [1.807, 2.05) is 19.0 Å². The minimum absolute atomic E-state index is 1.03. The molecule has 1 aliphatic rings. The molecule has 1 rings (SSSR count). The van der Waals surface area contributed by atoms with Crippen LogP contribution in [0.2, 0.25) is 0 Å². The van der Waals surface area contributed by atoms with Gasteiger partial charge in [0.25, 0.3) is 0 Å². The molecule has 1 atom stereocenters. The van der Waals surface area contributed by atoms with Gasteiger partial charge in [0.2, 0.25) is 5.45 Å². The molecular weight excluding hydrogens is 175 g/mol. The molecule has 0 fully saturated rings. The van der Waals surface area contributed by atoms with Gasteiger partial charge in [-0.05, 0) is 21.6 Å². The molecule has 0 aromatic rings. The molecule has 60 valence electrons. The van der Waals surface area contributed by atoms with E-state index >= 15 is 0 Å². The lowest BCUT2D eigenvalue weighted by molar-refractivity contribution is 0.636. The quantitative estimate of drug-likeness (QED) is 0.414. The molecule has 0 radical (unpaired) electrons. The highest BCUT2D eigenvalue weighted by Gasteiger charge is 2.16. The number of thioether (sulfide) groups is 1. The van der Waals surface area contributed by atoms with Crippen molar-refractivity contribution in [3.05, 3.63) is 11.0 Å². The van der Waals surface area contributed by atoms with Crippen LogP contribution in [0, 0.1) is 0 Å². The smallest absolute Gasteiger partial charge is 0.247 e. The van der Waals surface area contributed by atoms with Crippen LogP contribution < -0.4 is 4.67 Å². The number of hydrogen-bond donors (Lipinski definition) is 0. The maximum absolute atomic E-state index is 4.38. The summed E-state index contributed by atoms with van der Waals surface area (Å²) in [6.45, 7) is 2.06. The van der Waals surface area contributed by atoms with Gasteiger partial charge < -0.3 is 0 Å². The van der Waals surface area contributed by atoms with Crippen LogP contribution in [-0.2, 0) is 0 Å². The standard InChI is InChI=1S/C7H12N2PS/c1-5-4-11-7(9(2)3)8-6(5)10/h4H,10H2,1-3H3/q+1. The Morgan fingerprint density at radius 2 is 2.18 bits per heavy atom. The zero-order valence-corrected chi connectivity index (χ0v) is 8.93. The third-order valence-corrected chi connectivity index (χ3v) is 3.07. The summed E-state index contributed by atoms with van der Waals surface area (Å²) in [6.07, 6.45) is 0. The van der Waals surface area contributed by atoms with E-state index in [0.29, 0.717) is 0 Å². The lowest BCUT2D eigenvalue weighted by Gasteiger charge is -2.04. The van der Waals surface area contributed by atoms with E-state index in [9.17, 15) is 0 Å². The molecule has 4 heteroatoms. The molecule has 0 N–H and O–H groups in total. The first-order chi connectivity index (χ1) is 5.11. The average molecular weight is 187 g/mol. The minimum atomic E-state index is 1.03. The van der Waals surface area contributed by atoms with Crippen LogP contribution >= 0.6 is 21.0 Å². The Balaban J connectivity index is 2.98. The fourth-order valence-electron chi connectivity index (χ4n) is 0.624. The molecule has 0 aromatic carbocycles. The van der Waals surface area contributed by atoms with Gasteiger partial charge in [-0.25, -0.2) is 4.90 Å². The number of nitrogens with zero attached hydrogens (tertiary/aromatic N) is 2. The van der Waals surface area contributed by atoms with Crippen LogP contribution in [0.3, 0.4) is 0 Å². The monoisotopic (exact) mass is 187 g/mol. The first kappa shape index (κ1) is 8.86. The molecule has 0 aliphatic carbocycles. The van der Waals surface area contributed by atoms with E-state index in [0.717, 1.165) is 10.6 Å². The van der Waals surface area contributed by atoms with Crippen molar-refractivity contribution in [2.75, 3.05) is 14.1 Å². The van der Waals surface area contributed by atoms with Crippen LogP contribution in [0.25, 0.3) is 0 Å². The van der Waals surface area contributed by atoms with Crippen molar-refractivity contribution in [2.45, 2.75) is 6.92 Å². The summed E-state index contributed by atoms with van der Waals surface area (Å²) in [6, 6.07) is 0. The highest BCUT2D eigenvalue weighted by Crippen LogP contribution is 2.15. The highest BCUT2D eigenvalue weighted by atomic mass is 32.2. The first-order valence-corrected chi connectivity index (χ1v) is 4.79. The molecule has 0 saturated heterocycles. The SMILES string of the molecule is CC1=CSC(N(C)C)=[N+]=C1P. The topological polar surface area (TPSA) is 17.3 Å². The third kappa shape index (κ3) is 2.10. The van der Waals surface area contributed by atoms with Gasteiger partial charge in [0.1, 0.15) is 0 Å². The third-order valence-electron chi connectivity index (χ3n) is 1.34. The summed E-state index contributed by atoms with van der Waals surface area (Å²) in [5.74, 6) is 0. The molecule has 0 bridgehead atoms. The molecule has 0 saturated carbocycles. The van der Waals surface area contributed by atoms with Gasteiger partial charge in [0.15, 0.2) is 0 Å². The van der Waals surface area contributed by atoms with Crippen molar-refractivity contribution in [2.24, 2.45) is 0 Å². The molecule has 0 aromatic heterocycles. The van der Waals surface area contributed by atoms with Crippen LogP contribution in [0.5, 0.6) is 0 Å². The van der Waals surface area contributed by atoms with Crippen molar-refractivity contribution < 1.29 is 0 Å². The van der Waals surface area contributed by atoms with Gasteiger partial charge in [-0.1, -0.05) is 0 Å². The number of amidine groups is 1. The van der Waals surface area contributed by atoms with Crippen molar-refractivity contribution in [3.8, 4) is 0 Å². The summed E-state index contributed by atoms with van der Waals surface area (Å²) >= 11 is 1.66. The van der Waals surface area contributed by atoms with Crippen molar-refractivity contribution in [1.29, 1.82) is 0 Å². The van der Waals surface area contributed by atoms with Crippen molar-refractivity contribution >= 4 is 31.6 Å². The Morgan fingerprint density at radius 3 is 2.64 bits per heavy atom. The van der Waals surface area contributed by atoms with Crippen molar-refractivity contribution in [1.82, 2.24) is 9.57 Å². The summed E-state index contributed by atoms with van der Waals surface area (Å²) in [5, 5.41) is 3.16. The molecule has 1 unspecified atom stereocenters. The van der Waals surface area contributed by atoms with E-state index in [-0.39, 0.29) is 0 Å². The van der Waals surface area contributed by atoms with E-state index < -0.39 is 0 Å². The fraction of sp³-hybridized carbons (Fsp3) is 0.429. The van der Waals surface area contributed by atoms with E-state index in [1.165, 1.54) is 5.57 Å². The van der Waals surface area contributed by atoms with Crippen LogP contribution in [0.4, 0.5) is 0 Å². The van der Waals surface area contributed by atoms with Gasteiger partial charge in [0.05, 0.1) is 14.1 Å². The second-order valence-corrected chi connectivity index (χ2v) is 3.98. The largest absolute Gasteiger partial charge is 0.410 e. The number of rotatable bonds is 0. The average Bonchev–Trinajstić information content (AvgIpc) is 1.94. The molecule has 1 aliphatic heterocycles. The van der Waals surface area contributed by atoms with Gasteiger partial charge in [-0.2, -0.15) is 4.67 Å². The Hall–Kier alpha value is -0.230. The number of hydrogen-bond acceptors (Lipinski definition) is 2. The Bertz CT molecular complexity index is 262. The van der Waals surface area contributed by atoms with Gasteiger partial charge in [0, 0.05) is 17.3 Å². The molecule has 11 heavy (non-hydrogen) atoms. The van der Waals surface area contributed by atoms with Gasteiger partial charge >= 0.3 is 5.17 Å². The fourth-order valence-corrected chi connectivity index (χ4v) is 1.81. The normalized spacial score (nSPS) is 16.9. The predicted molar refractivity (Wildman–Crippen MR) is 56.9 cm³/mol. The van der Waals surface area contributed by atoms with E-state index in [2.05, 4.69) is 26.2 Å². The van der Waals surface area contributed by atoms with E-state index in [4.69, 9.17) is 0 Å². The molecule has 1 heterocycles. The lowest BCUT2D eigenvalue weighted by Crippen LogP contribution is -2.23. The Kier molecular flexibility index (Phi) is 2.78. The van der Waals surface area contributed by atoms with E-state index in [1.54, 1.807) is 11.8 Å². The summed E-state index contributed by atoms with van der Waals surface area (Å²) in [4.78, 5) is 2.01. The lowest BCUT2D eigenvalue weighted by atomic mass is 10.4. The number of allylic oxidation sites excluding steroid dienone is 1. The molecular formula is C7H12N2PS+. The second-order valence-electron chi connectivity index (χ2n) is 2.59. The maximum atomic E-state index is 4.38. The summed E-state index contributed by atoms with van der Waals surface area (Å²) in [5.41, 5.74) is 2.26. The van der Waals surface area contributed by atoms with Crippen molar-refractivity contribution in [3.63, 3.8) is 0 Å². The highest BCUT2D eigenvalue weighted by molar-refractivity contribution is 8.16. The Morgan fingerprint density at radius 1 is 1.55 bits per heavy atom. The van der Waals surface area contributed by atoms with Crippen LogP contribution in [0.15, 0.2) is 11.0 Å². The van der Waals surface area contributed by atoms with Crippen LogP contribution in [0.1, 0.15) is 6.92 Å². The maximum Gasteiger partial charge on any atom is 0.410 e. The summed E-state index contributed by atoms with van der Waals surface area (Å²) < 4.78 is 4.38. The summed E-state index contributed by atoms with van der Waals surface area (Å²) in [7, 11) is 6.63. The Labute approximate surface area is 73.7 Å². The molecule has 0 amide bonds.